The van der Waals surface area contributed by atoms with E-state index in [4.69, 9.17) is 15.9 Å². The Hall–Kier alpha value is -0.160. The molecule has 14 heavy (non-hydrogen) atoms. The second-order valence-electron chi connectivity index (χ2n) is 5.23. The lowest BCUT2D eigenvalue weighted by Crippen LogP contribution is -2.43. The summed E-state index contributed by atoms with van der Waals surface area (Å²) in [5, 5.41) is 17.2. The van der Waals surface area contributed by atoms with Crippen molar-refractivity contribution in [2.75, 3.05) is 34.3 Å². The van der Waals surface area contributed by atoms with Gasteiger partial charge in [0, 0.05) is 5.54 Å². The summed E-state index contributed by atoms with van der Waals surface area (Å²) in [5.41, 5.74) is 4.98. The molecule has 0 saturated carbocycles. The molecule has 0 spiro atoms. The minimum absolute atomic E-state index is 0.281. The van der Waals surface area contributed by atoms with Gasteiger partial charge in [-0.15, -0.1) is 0 Å². The standard InChI is InChI=1S/C5H14NO.C5H13NO/c1-6(2,3)4-5-7;1-4(7)5(2,3)6/h7H,4-5H2,1-3H3;4,7H,6H2,1-3H3/q+1;. The van der Waals surface area contributed by atoms with E-state index < -0.39 is 11.6 Å². The first-order chi connectivity index (χ1) is 6.00. The molecule has 0 bridgehead atoms. The quantitative estimate of drug-likeness (QED) is 0.561. The van der Waals surface area contributed by atoms with Crippen LogP contribution in [0, 0.1) is 0 Å². The van der Waals surface area contributed by atoms with Crippen molar-refractivity contribution in [3.05, 3.63) is 0 Å². The molecule has 4 nitrogen and oxygen atoms in total. The third-order valence-electron chi connectivity index (χ3n) is 1.85. The van der Waals surface area contributed by atoms with E-state index in [-0.39, 0.29) is 6.61 Å². The van der Waals surface area contributed by atoms with Gasteiger partial charge in [0.05, 0.1) is 33.9 Å². The summed E-state index contributed by atoms with van der Waals surface area (Å²) in [6.07, 6.45) is -0.424. The average molecular weight is 207 g/mol. The number of aliphatic hydroxyl groups is 2. The van der Waals surface area contributed by atoms with Crippen LogP contribution >= 0.6 is 0 Å². The molecule has 0 rings (SSSR count). The van der Waals surface area contributed by atoms with E-state index in [2.05, 4.69) is 21.1 Å². The Kier molecular flexibility index (Phi) is 7.38. The predicted molar refractivity (Wildman–Crippen MR) is 59.9 cm³/mol. The number of quaternary nitrogens is 1. The summed E-state index contributed by atoms with van der Waals surface area (Å²) in [6.45, 7) is 6.37. The topological polar surface area (TPSA) is 66.5 Å². The second kappa shape index (κ2) is 6.35. The van der Waals surface area contributed by atoms with Crippen LogP contribution in [0.2, 0.25) is 0 Å². The van der Waals surface area contributed by atoms with E-state index in [0.29, 0.717) is 0 Å². The number of hydrogen-bond acceptors (Lipinski definition) is 3. The Labute approximate surface area is 87.9 Å². The number of rotatable bonds is 3. The molecule has 1 unspecified atom stereocenters. The summed E-state index contributed by atoms with van der Waals surface area (Å²) in [6, 6.07) is 0. The molecule has 0 heterocycles. The maximum absolute atomic E-state index is 8.76. The van der Waals surface area contributed by atoms with Crippen molar-refractivity contribution >= 4 is 0 Å². The van der Waals surface area contributed by atoms with Crippen LogP contribution in [0.1, 0.15) is 20.8 Å². The van der Waals surface area contributed by atoms with Crippen LogP contribution in [0.4, 0.5) is 0 Å². The van der Waals surface area contributed by atoms with Crippen molar-refractivity contribution in [3.8, 4) is 0 Å². The molecular weight excluding hydrogens is 180 g/mol. The minimum Gasteiger partial charge on any atom is -0.392 e. The van der Waals surface area contributed by atoms with Gasteiger partial charge in [-0.1, -0.05) is 0 Å². The fraction of sp³-hybridized carbons (Fsp3) is 1.00. The Morgan fingerprint density at radius 3 is 1.57 bits per heavy atom. The van der Waals surface area contributed by atoms with Crippen LogP contribution in [-0.4, -0.2) is 60.6 Å². The lowest BCUT2D eigenvalue weighted by molar-refractivity contribution is -0.870. The normalized spacial score (nSPS) is 14.4. The molecule has 0 aromatic heterocycles. The highest BCUT2D eigenvalue weighted by Gasteiger charge is 2.16. The number of nitrogens with zero attached hydrogens (tertiary/aromatic N) is 1. The van der Waals surface area contributed by atoms with Gasteiger partial charge in [0.2, 0.25) is 0 Å². The Morgan fingerprint density at radius 1 is 1.29 bits per heavy atom. The fourth-order valence-electron chi connectivity index (χ4n) is 0.300. The molecule has 0 aromatic carbocycles. The van der Waals surface area contributed by atoms with Gasteiger partial charge in [-0.3, -0.25) is 0 Å². The SMILES string of the molecule is CC(O)C(C)(C)N.C[N+](C)(C)CCO. The molecule has 0 aliphatic heterocycles. The fourth-order valence-corrected chi connectivity index (χ4v) is 0.300. The van der Waals surface area contributed by atoms with E-state index in [0.717, 1.165) is 11.0 Å². The van der Waals surface area contributed by atoms with Crippen LogP contribution in [-0.2, 0) is 0 Å². The van der Waals surface area contributed by atoms with E-state index >= 15 is 0 Å². The zero-order valence-electron chi connectivity index (χ0n) is 10.4. The van der Waals surface area contributed by atoms with Crippen molar-refractivity contribution in [2.24, 2.45) is 5.73 Å². The lowest BCUT2D eigenvalue weighted by atomic mass is 10.0. The van der Waals surface area contributed by atoms with Crippen molar-refractivity contribution in [3.63, 3.8) is 0 Å². The van der Waals surface area contributed by atoms with Crippen molar-refractivity contribution in [1.29, 1.82) is 0 Å². The highest BCUT2D eigenvalue weighted by Crippen LogP contribution is 2.01. The smallest absolute Gasteiger partial charge is 0.101 e. The molecule has 0 saturated heterocycles. The number of nitrogens with two attached hydrogens (primary N) is 1. The Balaban J connectivity index is 0. The molecule has 0 amide bonds. The van der Waals surface area contributed by atoms with Crippen LogP contribution in [0.15, 0.2) is 0 Å². The summed E-state index contributed by atoms with van der Waals surface area (Å²) >= 11 is 0. The summed E-state index contributed by atoms with van der Waals surface area (Å²) in [5.74, 6) is 0. The van der Waals surface area contributed by atoms with Gasteiger partial charge in [-0.25, -0.2) is 0 Å². The first-order valence-electron chi connectivity index (χ1n) is 4.89. The van der Waals surface area contributed by atoms with Crippen LogP contribution < -0.4 is 5.73 Å². The van der Waals surface area contributed by atoms with E-state index in [1.54, 1.807) is 20.8 Å². The Morgan fingerprint density at radius 2 is 1.57 bits per heavy atom. The van der Waals surface area contributed by atoms with Gasteiger partial charge in [-0.05, 0) is 20.8 Å². The summed E-state index contributed by atoms with van der Waals surface area (Å²) in [4.78, 5) is 0. The molecule has 0 aromatic rings. The van der Waals surface area contributed by atoms with E-state index in [1.807, 2.05) is 0 Å². The molecular formula is C10H27N2O2+. The highest BCUT2D eigenvalue weighted by atomic mass is 16.3. The zero-order chi connectivity index (χ0) is 12.0. The third-order valence-corrected chi connectivity index (χ3v) is 1.85. The van der Waals surface area contributed by atoms with Gasteiger partial charge >= 0.3 is 0 Å². The van der Waals surface area contributed by atoms with Crippen molar-refractivity contribution in [2.45, 2.75) is 32.4 Å². The molecule has 4 heteroatoms. The minimum atomic E-state index is -0.444. The molecule has 0 aliphatic rings. The van der Waals surface area contributed by atoms with Crippen LogP contribution in [0.5, 0.6) is 0 Å². The Bertz CT molecular complexity index is 134. The van der Waals surface area contributed by atoms with Gasteiger partial charge in [-0.2, -0.15) is 0 Å². The van der Waals surface area contributed by atoms with Gasteiger partial charge in [0.1, 0.15) is 6.54 Å². The predicted octanol–water partition coefficient (Wildman–Crippen LogP) is -0.211. The van der Waals surface area contributed by atoms with Crippen molar-refractivity contribution in [1.82, 2.24) is 0 Å². The molecule has 0 radical (unpaired) electrons. The molecule has 0 fully saturated rings. The highest BCUT2D eigenvalue weighted by molar-refractivity contribution is 4.77. The van der Waals surface area contributed by atoms with Crippen LogP contribution in [0.25, 0.3) is 0 Å². The number of likely N-dealkylation sites (N-methyl/N-ethyl adjacent to an activating group) is 1. The van der Waals surface area contributed by atoms with Crippen molar-refractivity contribution < 1.29 is 14.7 Å². The number of aliphatic hydroxyl groups excluding tert-OH is 2. The average Bonchev–Trinajstić information content (AvgIpc) is 1.82. The first-order valence-corrected chi connectivity index (χ1v) is 4.89. The largest absolute Gasteiger partial charge is 0.392 e. The number of hydrogen-bond donors (Lipinski definition) is 3. The molecule has 1 atom stereocenters. The van der Waals surface area contributed by atoms with Gasteiger partial charge in [0.25, 0.3) is 0 Å². The first kappa shape index (κ1) is 16.3. The maximum Gasteiger partial charge on any atom is 0.101 e. The molecule has 88 valence electrons. The van der Waals surface area contributed by atoms with Crippen LogP contribution in [0.3, 0.4) is 0 Å². The zero-order valence-corrected chi connectivity index (χ0v) is 10.4. The summed E-state index contributed by atoms with van der Waals surface area (Å²) in [7, 11) is 6.16. The van der Waals surface area contributed by atoms with Gasteiger partial charge in [0.15, 0.2) is 0 Å². The molecule has 4 N–H and O–H groups in total. The third kappa shape index (κ3) is 14.4. The van der Waals surface area contributed by atoms with E-state index in [9.17, 15) is 0 Å². The molecule has 0 aliphatic carbocycles. The monoisotopic (exact) mass is 207 g/mol. The van der Waals surface area contributed by atoms with Gasteiger partial charge < -0.3 is 20.4 Å². The lowest BCUT2D eigenvalue weighted by Gasteiger charge is -2.21. The second-order valence-corrected chi connectivity index (χ2v) is 5.23. The maximum atomic E-state index is 8.76. The summed E-state index contributed by atoms with van der Waals surface area (Å²) < 4.78 is 0.844. The van der Waals surface area contributed by atoms with E-state index in [1.165, 1.54) is 0 Å².